The first-order chi connectivity index (χ1) is 19.8. The van der Waals surface area contributed by atoms with Crippen molar-refractivity contribution in [3.05, 3.63) is 106 Å². The molecule has 3 aromatic heterocycles. The number of benzene rings is 2. The number of allylic oxidation sites excluding steroid dienone is 1. The van der Waals surface area contributed by atoms with E-state index in [9.17, 15) is 14.4 Å². The molecule has 0 aliphatic rings. The molecular formula is C31H28N6O3S. The maximum absolute atomic E-state index is 13.3. The van der Waals surface area contributed by atoms with Gasteiger partial charge in [0.15, 0.2) is 0 Å². The second-order valence-corrected chi connectivity index (χ2v) is 10.5. The molecule has 0 atom stereocenters. The van der Waals surface area contributed by atoms with Gasteiger partial charge in [0.1, 0.15) is 0 Å². The average Bonchev–Trinajstić information content (AvgIpc) is 3.61. The van der Waals surface area contributed by atoms with Crippen molar-refractivity contribution in [2.24, 2.45) is 5.73 Å². The number of imidazole rings is 1. The van der Waals surface area contributed by atoms with Crippen LogP contribution in [0.2, 0.25) is 0 Å². The molecule has 5 rings (SSSR count). The minimum atomic E-state index is -0.465. The van der Waals surface area contributed by atoms with E-state index in [0.29, 0.717) is 33.1 Å². The molecule has 0 radical (unpaired) electrons. The predicted molar refractivity (Wildman–Crippen MR) is 163 cm³/mol. The number of rotatable bonds is 9. The van der Waals surface area contributed by atoms with Gasteiger partial charge in [-0.3, -0.25) is 24.7 Å². The molecule has 3 N–H and O–H groups in total. The Morgan fingerprint density at radius 1 is 1.00 bits per heavy atom. The fraction of sp³-hybridized carbons (Fsp3) is 0.129. The molecule has 0 saturated heterocycles. The molecule has 3 heterocycles. The number of aryl methyl sites for hydroxylation is 1. The zero-order valence-electron chi connectivity index (χ0n) is 22.6. The molecule has 3 amide bonds. The van der Waals surface area contributed by atoms with E-state index < -0.39 is 5.91 Å². The molecule has 0 fully saturated rings. The average molecular weight is 565 g/mol. The van der Waals surface area contributed by atoms with Crippen LogP contribution in [0.15, 0.2) is 85.2 Å². The van der Waals surface area contributed by atoms with Crippen LogP contribution in [0, 0.1) is 0 Å². The van der Waals surface area contributed by atoms with E-state index >= 15 is 0 Å². The van der Waals surface area contributed by atoms with Gasteiger partial charge < -0.3 is 15.2 Å². The first-order valence-electron chi connectivity index (χ1n) is 12.9. The Morgan fingerprint density at radius 2 is 1.73 bits per heavy atom. The number of hydrogen-bond donors (Lipinski definition) is 2. The Morgan fingerprint density at radius 3 is 2.46 bits per heavy atom. The summed E-state index contributed by atoms with van der Waals surface area (Å²) in [5.41, 5.74) is 9.95. The molecule has 0 spiro atoms. The van der Waals surface area contributed by atoms with E-state index in [-0.39, 0.29) is 24.8 Å². The predicted octanol–water partition coefficient (Wildman–Crippen LogP) is 5.46. The number of thiophene rings is 1. The number of primary amides is 1. The SMILES string of the molecule is C/C(=C\c1ccncc1)c1ccc(C(=O)Nc2nc3cc(N(C)C(=O)c4ccccc4)ccc3n2CCC(N)=O)s1. The largest absolute Gasteiger partial charge is 0.370 e. The summed E-state index contributed by atoms with van der Waals surface area (Å²) in [6.45, 7) is 2.23. The van der Waals surface area contributed by atoms with Crippen LogP contribution in [0.3, 0.4) is 0 Å². The molecule has 0 saturated carbocycles. The Balaban J connectivity index is 1.41. The lowest BCUT2D eigenvalue weighted by Gasteiger charge is -2.17. The number of hydrogen-bond acceptors (Lipinski definition) is 6. The third kappa shape index (κ3) is 6.23. The van der Waals surface area contributed by atoms with E-state index in [1.807, 2.05) is 55.5 Å². The van der Waals surface area contributed by atoms with Crippen LogP contribution in [0.25, 0.3) is 22.7 Å². The van der Waals surface area contributed by atoms with Crippen molar-refractivity contribution < 1.29 is 14.4 Å². The highest BCUT2D eigenvalue weighted by molar-refractivity contribution is 7.15. The molecule has 0 aliphatic carbocycles. The van der Waals surface area contributed by atoms with Crippen LogP contribution >= 0.6 is 11.3 Å². The van der Waals surface area contributed by atoms with Gasteiger partial charge in [-0.1, -0.05) is 24.3 Å². The van der Waals surface area contributed by atoms with E-state index in [1.54, 1.807) is 59.2 Å². The molecule has 2 aromatic carbocycles. The molecule has 206 valence electrons. The van der Waals surface area contributed by atoms with E-state index in [0.717, 1.165) is 16.0 Å². The number of amides is 3. The van der Waals surface area contributed by atoms with Gasteiger partial charge >= 0.3 is 0 Å². The molecular weight excluding hydrogens is 536 g/mol. The van der Waals surface area contributed by atoms with Crippen molar-refractivity contribution in [3.8, 4) is 0 Å². The minimum Gasteiger partial charge on any atom is -0.370 e. The van der Waals surface area contributed by atoms with Gasteiger partial charge in [0.25, 0.3) is 11.8 Å². The summed E-state index contributed by atoms with van der Waals surface area (Å²) in [6.07, 6.45) is 5.58. The highest BCUT2D eigenvalue weighted by Gasteiger charge is 2.19. The van der Waals surface area contributed by atoms with Crippen molar-refractivity contribution in [1.29, 1.82) is 0 Å². The number of nitrogens with two attached hydrogens (primary N) is 1. The van der Waals surface area contributed by atoms with E-state index in [1.165, 1.54) is 11.3 Å². The van der Waals surface area contributed by atoms with Gasteiger partial charge in [-0.05, 0) is 72.7 Å². The minimum absolute atomic E-state index is 0.0740. The quantitative estimate of drug-likeness (QED) is 0.246. The normalized spacial score (nSPS) is 11.4. The van der Waals surface area contributed by atoms with Gasteiger partial charge in [0.2, 0.25) is 11.9 Å². The lowest BCUT2D eigenvalue weighted by Crippen LogP contribution is -2.26. The summed E-state index contributed by atoms with van der Waals surface area (Å²) < 4.78 is 1.75. The Bertz CT molecular complexity index is 1760. The summed E-state index contributed by atoms with van der Waals surface area (Å²) in [6, 6.07) is 21.9. The van der Waals surface area contributed by atoms with Crippen LogP contribution in [0.4, 0.5) is 11.6 Å². The summed E-state index contributed by atoms with van der Waals surface area (Å²) in [4.78, 5) is 49.6. The number of nitrogens with zero attached hydrogens (tertiary/aromatic N) is 4. The lowest BCUT2D eigenvalue weighted by molar-refractivity contribution is -0.118. The van der Waals surface area contributed by atoms with Crippen LogP contribution in [-0.4, -0.2) is 39.3 Å². The number of carbonyl (C=O) groups excluding carboxylic acids is 3. The van der Waals surface area contributed by atoms with Gasteiger partial charge in [0.05, 0.1) is 15.9 Å². The third-order valence-electron chi connectivity index (χ3n) is 6.56. The first kappa shape index (κ1) is 27.5. The second-order valence-electron chi connectivity index (χ2n) is 9.43. The second kappa shape index (κ2) is 12.0. The highest BCUT2D eigenvalue weighted by atomic mass is 32.1. The summed E-state index contributed by atoms with van der Waals surface area (Å²) in [5, 5.41) is 2.90. The Labute approximate surface area is 241 Å². The fourth-order valence-corrected chi connectivity index (χ4v) is 5.25. The van der Waals surface area contributed by atoms with Crippen molar-refractivity contribution in [2.45, 2.75) is 19.9 Å². The fourth-order valence-electron chi connectivity index (χ4n) is 4.38. The smallest absolute Gasteiger partial charge is 0.268 e. The molecule has 41 heavy (non-hydrogen) atoms. The molecule has 9 nitrogen and oxygen atoms in total. The molecule has 0 bridgehead atoms. The number of anilines is 2. The lowest BCUT2D eigenvalue weighted by atomic mass is 10.1. The third-order valence-corrected chi connectivity index (χ3v) is 7.78. The Hall–Kier alpha value is -5.09. The van der Waals surface area contributed by atoms with Crippen molar-refractivity contribution >= 4 is 63.4 Å². The van der Waals surface area contributed by atoms with Crippen molar-refractivity contribution in [2.75, 3.05) is 17.3 Å². The standard InChI is InChI=1S/C31H28N6O3S/c1-20(18-21-12-15-33-16-13-21)26-10-11-27(41-26)29(39)35-31-34-24-19-23(8-9-25(24)37(31)17-14-28(32)38)36(2)30(40)22-6-4-3-5-7-22/h3-13,15-16,18-19H,14,17H2,1-2H3,(H2,32,38)(H,34,35,39)/b20-18+. The number of pyridine rings is 1. The summed E-state index contributed by atoms with van der Waals surface area (Å²) >= 11 is 1.37. The maximum Gasteiger partial charge on any atom is 0.268 e. The zero-order valence-corrected chi connectivity index (χ0v) is 23.4. The number of aromatic nitrogens is 3. The van der Waals surface area contributed by atoms with Gasteiger partial charge in [-0.15, -0.1) is 11.3 Å². The molecule has 0 unspecified atom stereocenters. The van der Waals surface area contributed by atoms with Crippen LogP contribution in [0.5, 0.6) is 0 Å². The summed E-state index contributed by atoms with van der Waals surface area (Å²) in [7, 11) is 1.70. The topological polar surface area (TPSA) is 123 Å². The van der Waals surface area contributed by atoms with Crippen molar-refractivity contribution in [1.82, 2.24) is 14.5 Å². The summed E-state index contributed by atoms with van der Waals surface area (Å²) in [5.74, 6) is -0.647. The number of fused-ring (bicyclic) bond motifs is 1. The van der Waals surface area contributed by atoms with Crippen LogP contribution in [-0.2, 0) is 11.3 Å². The van der Waals surface area contributed by atoms with E-state index in [4.69, 9.17) is 5.73 Å². The zero-order chi connectivity index (χ0) is 28.9. The van der Waals surface area contributed by atoms with Gasteiger partial charge in [0, 0.05) is 48.5 Å². The van der Waals surface area contributed by atoms with Crippen molar-refractivity contribution in [3.63, 3.8) is 0 Å². The van der Waals surface area contributed by atoms with E-state index in [2.05, 4.69) is 15.3 Å². The van der Waals surface area contributed by atoms with Crippen LogP contribution < -0.4 is 16.0 Å². The van der Waals surface area contributed by atoms with Crippen LogP contribution in [0.1, 0.15) is 43.8 Å². The Kier molecular flexibility index (Phi) is 8.02. The molecule has 5 aromatic rings. The number of nitrogens with one attached hydrogen (secondary N) is 1. The highest BCUT2D eigenvalue weighted by Crippen LogP contribution is 2.29. The maximum atomic E-state index is 13.3. The number of carbonyl (C=O) groups is 3. The molecule has 10 heteroatoms. The monoisotopic (exact) mass is 564 g/mol. The first-order valence-corrected chi connectivity index (χ1v) is 13.7. The molecule has 0 aliphatic heterocycles. The van der Waals surface area contributed by atoms with Gasteiger partial charge in [-0.25, -0.2) is 4.98 Å². The van der Waals surface area contributed by atoms with Gasteiger partial charge in [-0.2, -0.15) is 0 Å².